The van der Waals surface area contributed by atoms with Gasteiger partial charge >= 0.3 is 11.9 Å². The van der Waals surface area contributed by atoms with Gasteiger partial charge in [-0.05, 0) is 64.2 Å². The summed E-state index contributed by atoms with van der Waals surface area (Å²) in [5.41, 5.74) is 0. The summed E-state index contributed by atoms with van der Waals surface area (Å²) in [6.07, 6.45) is 40.4. The lowest BCUT2D eigenvalue weighted by molar-refractivity contribution is -0.158. The predicted molar refractivity (Wildman–Crippen MR) is 181 cm³/mol. The molecule has 0 aromatic carbocycles. The van der Waals surface area contributed by atoms with E-state index in [-0.39, 0.29) is 11.9 Å². The molecule has 0 radical (unpaired) electrons. The average Bonchev–Trinajstić information content (AvgIpc) is 3.01. The second kappa shape index (κ2) is 32.3. The van der Waals surface area contributed by atoms with Crippen LogP contribution < -0.4 is 0 Å². The fraction of sp³-hybridized carbons (Fsp3) is 0.842. The fourth-order valence-corrected chi connectivity index (χ4v) is 5.79. The lowest BCUT2D eigenvalue weighted by atomic mass is 9.83. The Hall–Kier alpha value is -1.58. The number of carbonyl (C=O) groups excluding carboxylic acids is 2. The van der Waals surface area contributed by atoms with E-state index in [0.717, 1.165) is 51.4 Å². The summed E-state index contributed by atoms with van der Waals surface area (Å²) in [6.45, 7) is 4.53. The lowest BCUT2D eigenvalue weighted by Crippen LogP contribution is -2.32. The molecule has 0 aliphatic heterocycles. The van der Waals surface area contributed by atoms with Crippen LogP contribution in [0.15, 0.2) is 24.3 Å². The maximum absolute atomic E-state index is 12.6. The Morgan fingerprint density at radius 1 is 0.429 bits per heavy atom. The molecule has 0 rings (SSSR count). The molecule has 246 valence electrons. The molecule has 0 aromatic rings. The number of methoxy groups -OCH3 is 2. The maximum Gasteiger partial charge on any atom is 0.309 e. The van der Waals surface area contributed by atoms with Crippen molar-refractivity contribution in [1.82, 2.24) is 0 Å². The first kappa shape index (κ1) is 40.4. The summed E-state index contributed by atoms with van der Waals surface area (Å²) in [4.78, 5) is 25.3. The van der Waals surface area contributed by atoms with Crippen molar-refractivity contribution < 1.29 is 19.1 Å². The maximum atomic E-state index is 12.6. The number of unbranched alkanes of at least 4 members (excludes halogenated alkanes) is 20. The number of rotatable bonds is 31. The molecule has 0 heterocycles. The summed E-state index contributed by atoms with van der Waals surface area (Å²) in [7, 11) is 2.86. The van der Waals surface area contributed by atoms with Crippen molar-refractivity contribution >= 4 is 11.9 Å². The summed E-state index contributed by atoms with van der Waals surface area (Å²) in [6, 6.07) is 0. The topological polar surface area (TPSA) is 52.6 Å². The second-order valence-corrected chi connectivity index (χ2v) is 12.3. The van der Waals surface area contributed by atoms with Crippen LogP contribution in [0.4, 0.5) is 0 Å². The van der Waals surface area contributed by atoms with Gasteiger partial charge in [0.1, 0.15) is 0 Å². The van der Waals surface area contributed by atoms with E-state index < -0.39 is 11.8 Å². The molecule has 0 aliphatic carbocycles. The van der Waals surface area contributed by atoms with Gasteiger partial charge in [-0.3, -0.25) is 9.59 Å². The molecular weight excluding hydrogens is 520 g/mol. The van der Waals surface area contributed by atoms with E-state index in [9.17, 15) is 9.59 Å². The third-order valence-electron chi connectivity index (χ3n) is 8.55. The van der Waals surface area contributed by atoms with Gasteiger partial charge in [0, 0.05) is 0 Å². The Labute approximate surface area is 261 Å². The highest BCUT2D eigenvalue weighted by molar-refractivity contribution is 5.81. The highest BCUT2D eigenvalue weighted by Crippen LogP contribution is 2.28. The molecule has 2 unspecified atom stereocenters. The van der Waals surface area contributed by atoms with Crippen molar-refractivity contribution in [3.63, 3.8) is 0 Å². The molecule has 0 N–H and O–H groups in total. The van der Waals surface area contributed by atoms with Gasteiger partial charge in [0.2, 0.25) is 0 Å². The van der Waals surface area contributed by atoms with E-state index in [0.29, 0.717) is 12.8 Å². The summed E-state index contributed by atoms with van der Waals surface area (Å²) < 4.78 is 10.2. The first-order valence-corrected chi connectivity index (χ1v) is 18.1. The van der Waals surface area contributed by atoms with E-state index in [2.05, 4.69) is 38.2 Å². The predicted octanol–water partition coefficient (Wildman–Crippen LogP) is 11.9. The van der Waals surface area contributed by atoms with Crippen LogP contribution in [0, 0.1) is 11.8 Å². The average molecular weight is 591 g/mol. The molecule has 2 atom stereocenters. The van der Waals surface area contributed by atoms with Gasteiger partial charge in [-0.2, -0.15) is 0 Å². The quantitative estimate of drug-likeness (QED) is 0.0458. The largest absolute Gasteiger partial charge is 0.469 e. The minimum Gasteiger partial charge on any atom is -0.469 e. The van der Waals surface area contributed by atoms with E-state index in [1.165, 1.54) is 117 Å². The number of esters is 2. The van der Waals surface area contributed by atoms with Crippen LogP contribution >= 0.6 is 0 Å². The molecule has 4 nitrogen and oxygen atoms in total. The van der Waals surface area contributed by atoms with Crippen molar-refractivity contribution in [3.8, 4) is 0 Å². The van der Waals surface area contributed by atoms with Gasteiger partial charge in [0.15, 0.2) is 0 Å². The van der Waals surface area contributed by atoms with Crippen LogP contribution in [-0.4, -0.2) is 26.2 Å². The van der Waals surface area contributed by atoms with Crippen molar-refractivity contribution in [1.29, 1.82) is 0 Å². The molecular formula is C38H70O4. The first-order valence-electron chi connectivity index (χ1n) is 18.1. The minimum absolute atomic E-state index is 0.265. The van der Waals surface area contributed by atoms with Crippen molar-refractivity contribution in [2.75, 3.05) is 14.2 Å². The van der Waals surface area contributed by atoms with Crippen LogP contribution in [0.3, 0.4) is 0 Å². The smallest absolute Gasteiger partial charge is 0.309 e. The number of hydrogen-bond donors (Lipinski definition) is 0. The zero-order valence-electron chi connectivity index (χ0n) is 28.5. The Morgan fingerprint density at radius 3 is 0.976 bits per heavy atom. The molecule has 0 spiro atoms. The highest BCUT2D eigenvalue weighted by atomic mass is 16.5. The molecule has 0 saturated carbocycles. The molecule has 0 fully saturated rings. The zero-order chi connectivity index (χ0) is 30.9. The SMILES string of the molecule is CCCCCCCC/C=C/CCCCCCC(C(=O)OC)C(CCCCCC/C=C/CCCCCCCC)C(=O)OC. The number of hydrogen-bond acceptors (Lipinski definition) is 4. The zero-order valence-corrected chi connectivity index (χ0v) is 28.5. The van der Waals surface area contributed by atoms with E-state index >= 15 is 0 Å². The normalized spacial score (nSPS) is 13.1. The third-order valence-corrected chi connectivity index (χ3v) is 8.55. The van der Waals surface area contributed by atoms with Crippen molar-refractivity contribution in [2.24, 2.45) is 11.8 Å². The van der Waals surface area contributed by atoms with Crippen LogP contribution in [0.5, 0.6) is 0 Å². The second-order valence-electron chi connectivity index (χ2n) is 12.3. The Bertz CT molecular complexity index is 597. The summed E-state index contributed by atoms with van der Waals surface area (Å²) in [5.74, 6) is -1.33. The monoisotopic (exact) mass is 591 g/mol. The van der Waals surface area contributed by atoms with E-state index in [4.69, 9.17) is 9.47 Å². The third kappa shape index (κ3) is 25.0. The molecule has 4 heteroatoms. The van der Waals surface area contributed by atoms with Crippen LogP contribution in [0.2, 0.25) is 0 Å². The highest BCUT2D eigenvalue weighted by Gasteiger charge is 2.34. The van der Waals surface area contributed by atoms with Gasteiger partial charge in [0.25, 0.3) is 0 Å². The van der Waals surface area contributed by atoms with Gasteiger partial charge in [-0.25, -0.2) is 0 Å². The van der Waals surface area contributed by atoms with Gasteiger partial charge in [-0.1, -0.05) is 141 Å². The Morgan fingerprint density at radius 2 is 0.690 bits per heavy atom. The standard InChI is InChI=1S/C38H70O4/c1-5-7-9-11-13-15-17-19-21-23-25-27-29-31-33-35(37(39)41-3)36(38(40)42-4)34-32-30-28-26-24-22-20-18-16-14-12-10-8-6-2/h19-22,35-36H,5-18,23-34H2,1-4H3/b21-19+,22-20+. The molecule has 0 saturated heterocycles. The van der Waals surface area contributed by atoms with E-state index in [1.807, 2.05) is 0 Å². The number of ether oxygens (including phenoxy) is 2. The van der Waals surface area contributed by atoms with Gasteiger partial charge in [-0.15, -0.1) is 0 Å². The van der Waals surface area contributed by atoms with E-state index in [1.54, 1.807) is 0 Å². The Balaban J connectivity index is 4.17. The van der Waals surface area contributed by atoms with Crippen LogP contribution in [-0.2, 0) is 19.1 Å². The fourth-order valence-electron chi connectivity index (χ4n) is 5.79. The molecule has 0 aromatic heterocycles. The number of allylic oxidation sites excluding steroid dienone is 4. The van der Waals surface area contributed by atoms with Gasteiger partial charge in [0.05, 0.1) is 26.1 Å². The lowest BCUT2D eigenvalue weighted by Gasteiger charge is -2.23. The van der Waals surface area contributed by atoms with Crippen molar-refractivity contribution in [3.05, 3.63) is 24.3 Å². The molecule has 42 heavy (non-hydrogen) atoms. The summed E-state index contributed by atoms with van der Waals surface area (Å²) in [5, 5.41) is 0. The van der Waals surface area contributed by atoms with Gasteiger partial charge < -0.3 is 9.47 Å². The molecule has 0 aliphatic rings. The Kier molecular flexibility index (Phi) is 31.1. The molecule has 0 amide bonds. The van der Waals surface area contributed by atoms with Crippen molar-refractivity contribution in [2.45, 2.75) is 181 Å². The number of carbonyl (C=O) groups is 2. The van der Waals surface area contributed by atoms with Crippen LogP contribution in [0.1, 0.15) is 181 Å². The van der Waals surface area contributed by atoms with Crippen LogP contribution in [0.25, 0.3) is 0 Å². The summed E-state index contributed by atoms with van der Waals surface area (Å²) >= 11 is 0. The minimum atomic E-state index is -0.399. The molecule has 0 bridgehead atoms. The first-order chi connectivity index (χ1) is 20.6.